The normalized spacial score (nSPS) is 10.2. The largest absolute Gasteiger partial charge is 0.494 e. The smallest absolute Gasteiger partial charge is 0.168 e. The van der Waals surface area contributed by atoms with E-state index in [4.69, 9.17) is 9.47 Å². The van der Waals surface area contributed by atoms with Gasteiger partial charge in [-0.1, -0.05) is 6.92 Å². The van der Waals surface area contributed by atoms with Gasteiger partial charge in [-0.2, -0.15) is 0 Å². The molecular weight excluding hydrogens is 266 g/mol. The standard InChI is InChI=1S/C16H21N3O2/c1-4-9-20-13-5-7-14(8-6-13)21-11-16-18-12(2)10-15(17-3)19-16/h5-8,10H,4,9,11H2,1-3H3,(H,17,18,19). The first kappa shape index (κ1) is 15.1. The Labute approximate surface area is 125 Å². The summed E-state index contributed by atoms with van der Waals surface area (Å²) >= 11 is 0. The zero-order valence-corrected chi connectivity index (χ0v) is 12.7. The predicted molar refractivity (Wildman–Crippen MR) is 82.9 cm³/mol. The lowest BCUT2D eigenvalue weighted by Crippen LogP contribution is -2.05. The molecule has 0 radical (unpaired) electrons. The highest BCUT2D eigenvalue weighted by Gasteiger charge is 2.03. The minimum Gasteiger partial charge on any atom is -0.494 e. The molecule has 0 atom stereocenters. The van der Waals surface area contributed by atoms with E-state index in [9.17, 15) is 0 Å². The number of nitrogens with one attached hydrogen (secondary N) is 1. The van der Waals surface area contributed by atoms with Gasteiger partial charge in [-0.05, 0) is 37.6 Å². The predicted octanol–water partition coefficient (Wildman–Crippen LogP) is 3.19. The molecule has 0 saturated carbocycles. The second-order valence-corrected chi connectivity index (χ2v) is 4.67. The zero-order chi connectivity index (χ0) is 15.1. The van der Waals surface area contributed by atoms with Crippen LogP contribution in [-0.2, 0) is 6.61 Å². The summed E-state index contributed by atoms with van der Waals surface area (Å²) in [6.07, 6.45) is 0.997. The first-order chi connectivity index (χ1) is 10.2. The van der Waals surface area contributed by atoms with Crippen molar-refractivity contribution < 1.29 is 9.47 Å². The van der Waals surface area contributed by atoms with Crippen molar-refractivity contribution in [2.45, 2.75) is 26.9 Å². The molecular formula is C16H21N3O2. The molecule has 1 N–H and O–H groups in total. The summed E-state index contributed by atoms with van der Waals surface area (Å²) in [5.41, 5.74) is 0.913. The van der Waals surface area contributed by atoms with Crippen molar-refractivity contribution >= 4 is 5.82 Å². The van der Waals surface area contributed by atoms with Crippen molar-refractivity contribution in [1.82, 2.24) is 9.97 Å². The Morgan fingerprint density at radius 1 is 1.05 bits per heavy atom. The van der Waals surface area contributed by atoms with Gasteiger partial charge in [0.2, 0.25) is 0 Å². The van der Waals surface area contributed by atoms with Gasteiger partial charge in [0.1, 0.15) is 23.9 Å². The topological polar surface area (TPSA) is 56.3 Å². The summed E-state index contributed by atoms with van der Waals surface area (Å²) in [6.45, 7) is 5.08. The number of benzene rings is 1. The van der Waals surface area contributed by atoms with Crippen molar-refractivity contribution in [2.75, 3.05) is 19.0 Å². The molecule has 1 aromatic carbocycles. The van der Waals surface area contributed by atoms with Crippen LogP contribution in [0.25, 0.3) is 0 Å². The maximum absolute atomic E-state index is 5.70. The Balaban J connectivity index is 1.95. The Hall–Kier alpha value is -2.30. The average molecular weight is 287 g/mol. The number of rotatable bonds is 7. The Bertz CT molecular complexity index is 570. The number of ether oxygens (including phenoxy) is 2. The first-order valence-electron chi connectivity index (χ1n) is 7.09. The van der Waals surface area contributed by atoms with E-state index in [0.717, 1.165) is 36.0 Å². The van der Waals surface area contributed by atoms with E-state index < -0.39 is 0 Å². The minimum absolute atomic E-state index is 0.339. The number of hydrogen-bond donors (Lipinski definition) is 1. The Morgan fingerprint density at radius 2 is 1.71 bits per heavy atom. The average Bonchev–Trinajstić information content (AvgIpc) is 2.51. The molecule has 112 valence electrons. The molecule has 0 amide bonds. The molecule has 1 heterocycles. The van der Waals surface area contributed by atoms with Crippen LogP contribution in [0.4, 0.5) is 5.82 Å². The second-order valence-electron chi connectivity index (χ2n) is 4.67. The van der Waals surface area contributed by atoms with Crippen molar-refractivity contribution in [3.05, 3.63) is 41.9 Å². The van der Waals surface area contributed by atoms with Gasteiger partial charge in [0, 0.05) is 18.8 Å². The summed E-state index contributed by atoms with van der Waals surface area (Å²) < 4.78 is 11.2. The molecule has 2 rings (SSSR count). The summed E-state index contributed by atoms with van der Waals surface area (Å²) in [5.74, 6) is 3.08. The highest BCUT2D eigenvalue weighted by atomic mass is 16.5. The maximum atomic E-state index is 5.70. The highest BCUT2D eigenvalue weighted by Crippen LogP contribution is 2.18. The fourth-order valence-corrected chi connectivity index (χ4v) is 1.82. The van der Waals surface area contributed by atoms with E-state index in [1.165, 1.54) is 0 Å². The molecule has 0 fully saturated rings. The number of aryl methyl sites for hydroxylation is 1. The van der Waals surface area contributed by atoms with Gasteiger partial charge in [0.15, 0.2) is 5.82 Å². The molecule has 0 aliphatic rings. The van der Waals surface area contributed by atoms with Gasteiger partial charge in [0.25, 0.3) is 0 Å². The van der Waals surface area contributed by atoms with Crippen LogP contribution in [-0.4, -0.2) is 23.6 Å². The molecule has 21 heavy (non-hydrogen) atoms. The molecule has 1 aromatic heterocycles. The van der Waals surface area contributed by atoms with E-state index in [-0.39, 0.29) is 0 Å². The Kier molecular flexibility index (Phi) is 5.37. The minimum atomic E-state index is 0.339. The number of hydrogen-bond acceptors (Lipinski definition) is 5. The van der Waals surface area contributed by atoms with E-state index in [0.29, 0.717) is 12.4 Å². The monoisotopic (exact) mass is 287 g/mol. The van der Waals surface area contributed by atoms with Crippen LogP contribution in [0.2, 0.25) is 0 Å². The number of aromatic nitrogens is 2. The van der Waals surface area contributed by atoms with Gasteiger partial charge in [-0.3, -0.25) is 0 Å². The maximum Gasteiger partial charge on any atom is 0.168 e. The van der Waals surface area contributed by atoms with E-state index in [1.54, 1.807) is 0 Å². The van der Waals surface area contributed by atoms with Crippen LogP contribution in [0, 0.1) is 6.92 Å². The van der Waals surface area contributed by atoms with Gasteiger partial charge in [-0.15, -0.1) is 0 Å². The van der Waals surface area contributed by atoms with Crippen molar-refractivity contribution in [1.29, 1.82) is 0 Å². The lowest BCUT2D eigenvalue weighted by molar-refractivity contribution is 0.292. The first-order valence-corrected chi connectivity index (χ1v) is 7.09. The van der Waals surface area contributed by atoms with Crippen LogP contribution >= 0.6 is 0 Å². The third kappa shape index (κ3) is 4.63. The summed E-state index contributed by atoms with van der Waals surface area (Å²) in [7, 11) is 1.83. The van der Waals surface area contributed by atoms with Crippen LogP contribution in [0.5, 0.6) is 11.5 Å². The van der Waals surface area contributed by atoms with Crippen LogP contribution in [0.15, 0.2) is 30.3 Å². The molecule has 0 saturated heterocycles. The molecule has 0 bridgehead atoms. The summed E-state index contributed by atoms with van der Waals surface area (Å²) in [6, 6.07) is 9.48. The van der Waals surface area contributed by atoms with Gasteiger partial charge in [-0.25, -0.2) is 9.97 Å². The van der Waals surface area contributed by atoms with E-state index >= 15 is 0 Å². The highest BCUT2D eigenvalue weighted by molar-refractivity contribution is 5.35. The number of anilines is 1. The lowest BCUT2D eigenvalue weighted by Gasteiger charge is -2.09. The van der Waals surface area contributed by atoms with Crippen LogP contribution < -0.4 is 14.8 Å². The van der Waals surface area contributed by atoms with Crippen molar-refractivity contribution in [3.63, 3.8) is 0 Å². The molecule has 2 aromatic rings. The van der Waals surface area contributed by atoms with E-state index in [1.807, 2.05) is 44.3 Å². The Morgan fingerprint density at radius 3 is 2.33 bits per heavy atom. The molecule has 0 aliphatic heterocycles. The van der Waals surface area contributed by atoms with E-state index in [2.05, 4.69) is 22.2 Å². The van der Waals surface area contributed by atoms with Crippen molar-refractivity contribution in [3.8, 4) is 11.5 Å². The second kappa shape index (κ2) is 7.47. The third-order valence-electron chi connectivity index (χ3n) is 2.82. The van der Waals surface area contributed by atoms with Crippen molar-refractivity contribution in [2.24, 2.45) is 0 Å². The number of nitrogens with zero attached hydrogens (tertiary/aromatic N) is 2. The van der Waals surface area contributed by atoms with Gasteiger partial charge >= 0.3 is 0 Å². The fraction of sp³-hybridized carbons (Fsp3) is 0.375. The molecule has 5 nitrogen and oxygen atoms in total. The summed E-state index contributed by atoms with van der Waals surface area (Å²) in [4.78, 5) is 8.71. The molecule has 0 spiro atoms. The molecule has 0 unspecified atom stereocenters. The van der Waals surface area contributed by atoms with Crippen LogP contribution in [0.3, 0.4) is 0 Å². The summed E-state index contributed by atoms with van der Waals surface area (Å²) in [5, 5.41) is 3.01. The lowest BCUT2D eigenvalue weighted by atomic mass is 10.3. The zero-order valence-electron chi connectivity index (χ0n) is 12.7. The molecule has 5 heteroatoms. The fourth-order valence-electron chi connectivity index (χ4n) is 1.82. The quantitative estimate of drug-likeness (QED) is 0.847. The SMILES string of the molecule is CCCOc1ccc(OCc2nc(C)cc(NC)n2)cc1. The van der Waals surface area contributed by atoms with Gasteiger partial charge < -0.3 is 14.8 Å². The van der Waals surface area contributed by atoms with Crippen LogP contribution in [0.1, 0.15) is 24.9 Å². The molecule has 0 aliphatic carbocycles. The van der Waals surface area contributed by atoms with Gasteiger partial charge in [0.05, 0.1) is 6.61 Å². The third-order valence-corrected chi connectivity index (χ3v) is 2.82.